The molecule has 1 aromatic carbocycles. The average molecular weight is 393 g/mol. The van der Waals surface area contributed by atoms with Crippen LogP contribution in [0.1, 0.15) is 50.7 Å². The van der Waals surface area contributed by atoms with Crippen molar-refractivity contribution in [1.29, 1.82) is 0 Å². The summed E-state index contributed by atoms with van der Waals surface area (Å²) in [7, 11) is 0. The van der Waals surface area contributed by atoms with Gasteiger partial charge in [0, 0.05) is 24.3 Å². The molecule has 0 aromatic heterocycles. The van der Waals surface area contributed by atoms with Crippen LogP contribution in [0.3, 0.4) is 0 Å². The topological polar surface area (TPSA) is 43.4 Å². The molecule has 1 unspecified atom stereocenters. The van der Waals surface area contributed by atoms with Crippen LogP contribution in [0.25, 0.3) is 5.57 Å². The second-order valence-corrected chi connectivity index (χ2v) is 7.12. The van der Waals surface area contributed by atoms with Crippen molar-refractivity contribution >= 4 is 91.9 Å². The Labute approximate surface area is 194 Å². The second kappa shape index (κ2) is 7.91. The third-order valence-electron chi connectivity index (χ3n) is 4.76. The van der Waals surface area contributed by atoms with Gasteiger partial charge >= 0.3 is 57.4 Å². The molecule has 6 heteroatoms. The fourth-order valence-corrected chi connectivity index (χ4v) is 4.41. The van der Waals surface area contributed by atoms with Crippen LogP contribution in [0.2, 0.25) is 10.0 Å². The first kappa shape index (κ1) is 20.6. The molecule has 124 valence electrons. The van der Waals surface area contributed by atoms with Gasteiger partial charge in [0.15, 0.2) is 11.5 Å². The molecule has 3 nitrogen and oxygen atoms in total. The minimum atomic E-state index is -0.434. The number of hydrogen-bond donors (Lipinski definition) is 0. The number of carbonyl (C=O) groups is 2. The van der Waals surface area contributed by atoms with Gasteiger partial charge in [0.25, 0.3) is 0 Å². The average Bonchev–Trinajstić information content (AvgIpc) is 2.78. The van der Waals surface area contributed by atoms with E-state index in [0.29, 0.717) is 17.2 Å². The van der Waals surface area contributed by atoms with Crippen LogP contribution in [0.4, 0.5) is 0 Å². The number of carbonyl (C=O) groups excluding carboxylic acids is 2. The molecule has 2 aliphatic carbocycles. The van der Waals surface area contributed by atoms with Gasteiger partial charge in [-0.2, -0.15) is 0 Å². The van der Waals surface area contributed by atoms with Crippen LogP contribution in [-0.2, 0) is 16.0 Å². The Morgan fingerprint density at radius 2 is 2.04 bits per heavy atom. The summed E-state index contributed by atoms with van der Waals surface area (Å²) >= 11 is 12.8. The van der Waals surface area contributed by atoms with E-state index in [-0.39, 0.29) is 67.6 Å². The van der Waals surface area contributed by atoms with Gasteiger partial charge in [0.2, 0.25) is 0 Å². The summed E-state index contributed by atoms with van der Waals surface area (Å²) in [6.45, 7) is 3.47. The van der Waals surface area contributed by atoms with Crippen molar-refractivity contribution in [3.05, 3.63) is 33.3 Å². The third kappa shape index (κ3) is 3.57. The number of benzene rings is 1. The van der Waals surface area contributed by atoms with Gasteiger partial charge in [-0.25, -0.2) is 0 Å². The van der Waals surface area contributed by atoms with Gasteiger partial charge in [0.1, 0.15) is 5.02 Å². The van der Waals surface area contributed by atoms with Crippen molar-refractivity contribution < 1.29 is 14.3 Å². The molecule has 2 aliphatic rings. The van der Waals surface area contributed by atoms with Crippen molar-refractivity contribution in [1.82, 2.24) is 0 Å². The van der Waals surface area contributed by atoms with E-state index in [1.54, 1.807) is 12.1 Å². The van der Waals surface area contributed by atoms with Crippen LogP contribution in [0.15, 0.2) is 12.1 Å². The van der Waals surface area contributed by atoms with E-state index in [1.807, 2.05) is 0 Å². The first-order valence-corrected chi connectivity index (χ1v) is 8.58. The molecular weight excluding hydrogens is 374 g/mol. The van der Waals surface area contributed by atoms with Crippen LogP contribution in [-0.4, -0.2) is 63.1 Å². The number of hydrogen-bond acceptors (Lipinski definition) is 3. The Balaban J connectivity index is 0.00000208. The molecule has 1 aromatic rings. The van der Waals surface area contributed by atoms with Crippen LogP contribution >= 0.6 is 23.2 Å². The van der Waals surface area contributed by atoms with E-state index < -0.39 is 5.97 Å². The fourth-order valence-electron chi connectivity index (χ4n) is 3.91. The number of ketones is 1. The SMILES string of the molecule is CCCC12CCC(=O)C=C1c1c(cc(OC(C)=O)c(Cl)c1Cl)C2.[KH]. The molecule has 0 radical (unpaired) electrons. The zero-order valence-corrected chi connectivity index (χ0v) is 14.7. The summed E-state index contributed by atoms with van der Waals surface area (Å²) in [5.41, 5.74) is 2.82. The predicted molar refractivity (Wildman–Crippen MR) is 98.2 cm³/mol. The van der Waals surface area contributed by atoms with E-state index in [0.717, 1.165) is 42.4 Å². The standard InChI is InChI=1S/C18H18Cl2O3.K.H/c1-3-5-18-6-4-12(22)8-13(18)15-11(9-18)7-14(23-10(2)21)16(19)17(15)20;;/h7-8H,3-6,9H2,1-2H3;;. The van der Waals surface area contributed by atoms with E-state index >= 15 is 0 Å². The quantitative estimate of drug-likeness (QED) is 0.435. The van der Waals surface area contributed by atoms with Crippen molar-refractivity contribution in [2.45, 2.75) is 46.0 Å². The summed E-state index contributed by atoms with van der Waals surface area (Å²) in [5.74, 6) is -0.00744. The van der Waals surface area contributed by atoms with Gasteiger partial charge < -0.3 is 4.74 Å². The first-order chi connectivity index (χ1) is 10.9. The normalized spacial score (nSPS) is 21.5. The van der Waals surface area contributed by atoms with Crippen molar-refractivity contribution in [3.8, 4) is 5.75 Å². The van der Waals surface area contributed by atoms with Crippen LogP contribution < -0.4 is 4.74 Å². The number of esters is 1. The Hall–Kier alpha value is 0.316. The van der Waals surface area contributed by atoms with Crippen molar-refractivity contribution in [3.63, 3.8) is 0 Å². The second-order valence-electron chi connectivity index (χ2n) is 6.36. The van der Waals surface area contributed by atoms with E-state index in [2.05, 4.69) is 6.92 Å². The molecule has 0 saturated heterocycles. The maximum absolute atomic E-state index is 11.9. The predicted octanol–water partition coefficient (Wildman–Crippen LogP) is 4.36. The summed E-state index contributed by atoms with van der Waals surface area (Å²) in [6, 6.07) is 1.80. The molecule has 0 saturated carbocycles. The van der Waals surface area contributed by atoms with Gasteiger partial charge in [-0.05, 0) is 42.5 Å². The Morgan fingerprint density at radius 3 is 2.67 bits per heavy atom. The van der Waals surface area contributed by atoms with Gasteiger partial charge in [-0.3, -0.25) is 9.59 Å². The fraction of sp³-hybridized carbons (Fsp3) is 0.444. The minimum absolute atomic E-state index is 0. The van der Waals surface area contributed by atoms with Gasteiger partial charge in [0.05, 0.1) is 5.02 Å². The van der Waals surface area contributed by atoms with E-state index in [9.17, 15) is 9.59 Å². The van der Waals surface area contributed by atoms with Gasteiger partial charge in [-0.1, -0.05) is 36.5 Å². The molecule has 0 amide bonds. The summed E-state index contributed by atoms with van der Waals surface area (Å²) in [5, 5.41) is 0.603. The molecule has 0 aliphatic heterocycles. The number of allylic oxidation sites excluding steroid dienone is 2. The maximum atomic E-state index is 11.9. The monoisotopic (exact) mass is 392 g/mol. The number of ether oxygens (including phenoxy) is 1. The van der Waals surface area contributed by atoms with E-state index in [1.165, 1.54) is 6.92 Å². The zero-order valence-electron chi connectivity index (χ0n) is 13.2. The molecule has 0 bridgehead atoms. The molecule has 0 spiro atoms. The molecule has 0 heterocycles. The zero-order chi connectivity index (χ0) is 16.8. The Morgan fingerprint density at radius 1 is 1.33 bits per heavy atom. The van der Waals surface area contributed by atoms with Gasteiger partial charge in [-0.15, -0.1) is 0 Å². The Bertz CT molecular complexity index is 742. The van der Waals surface area contributed by atoms with Crippen molar-refractivity contribution in [2.75, 3.05) is 0 Å². The van der Waals surface area contributed by atoms with Crippen LogP contribution in [0.5, 0.6) is 5.75 Å². The third-order valence-corrected chi connectivity index (χ3v) is 5.61. The van der Waals surface area contributed by atoms with Crippen LogP contribution in [0, 0.1) is 5.41 Å². The molecule has 0 N–H and O–H groups in total. The van der Waals surface area contributed by atoms with E-state index in [4.69, 9.17) is 27.9 Å². The summed E-state index contributed by atoms with van der Waals surface area (Å²) in [4.78, 5) is 23.2. The summed E-state index contributed by atoms with van der Waals surface area (Å²) < 4.78 is 5.18. The molecule has 3 rings (SSSR count). The summed E-state index contributed by atoms with van der Waals surface area (Å²) in [6.07, 6.45) is 5.97. The number of halogens is 2. The molecular formula is C18H19Cl2KO3. The number of fused-ring (bicyclic) bond motifs is 3. The Kier molecular flexibility index (Phi) is 6.80. The molecule has 0 fully saturated rings. The molecule has 24 heavy (non-hydrogen) atoms. The first-order valence-electron chi connectivity index (χ1n) is 7.82. The number of rotatable bonds is 3. The molecule has 1 atom stereocenters. The van der Waals surface area contributed by atoms with Crippen molar-refractivity contribution in [2.24, 2.45) is 5.41 Å².